The Morgan fingerprint density at radius 2 is 1.83 bits per heavy atom. The number of benzene rings is 1. The van der Waals surface area contributed by atoms with Crippen molar-refractivity contribution in [1.29, 1.82) is 0 Å². The summed E-state index contributed by atoms with van der Waals surface area (Å²) in [6.45, 7) is 4.20. The predicted molar refractivity (Wildman–Crippen MR) is 71.1 cm³/mol. The highest BCUT2D eigenvalue weighted by molar-refractivity contribution is 5.34. The molecule has 0 aliphatic carbocycles. The molecular weight excluding hydrogens is 226 g/mol. The summed E-state index contributed by atoms with van der Waals surface area (Å²) in [4.78, 5) is 0. The van der Waals surface area contributed by atoms with Gasteiger partial charge >= 0.3 is 0 Å². The zero-order valence-electron chi connectivity index (χ0n) is 11.2. The van der Waals surface area contributed by atoms with Crippen molar-refractivity contribution in [1.82, 2.24) is 5.16 Å². The molecule has 2 aromatic rings. The monoisotopic (exact) mass is 245 g/mol. The van der Waals surface area contributed by atoms with Crippen molar-refractivity contribution in [2.45, 2.75) is 33.1 Å². The van der Waals surface area contributed by atoms with Gasteiger partial charge in [-0.15, -0.1) is 0 Å². The highest BCUT2D eigenvalue weighted by Gasteiger charge is 2.13. The number of hydrogen-bond acceptors (Lipinski definition) is 3. The van der Waals surface area contributed by atoms with E-state index in [1.54, 1.807) is 7.11 Å². The smallest absolute Gasteiger partial charge is 0.140 e. The Labute approximate surface area is 108 Å². The molecule has 96 valence electrons. The first kappa shape index (κ1) is 12.7. The van der Waals surface area contributed by atoms with Crippen molar-refractivity contribution in [2.24, 2.45) is 0 Å². The third kappa shape index (κ3) is 2.55. The minimum Gasteiger partial charge on any atom is -0.497 e. The second kappa shape index (κ2) is 5.71. The Morgan fingerprint density at radius 3 is 2.39 bits per heavy atom. The Kier molecular flexibility index (Phi) is 4.03. The Hall–Kier alpha value is -1.77. The van der Waals surface area contributed by atoms with E-state index in [-0.39, 0.29) is 0 Å². The molecule has 1 heterocycles. The summed E-state index contributed by atoms with van der Waals surface area (Å²) in [7, 11) is 1.68. The lowest BCUT2D eigenvalue weighted by Gasteiger charge is -2.04. The van der Waals surface area contributed by atoms with Crippen molar-refractivity contribution in [3.8, 4) is 5.75 Å². The molecule has 0 saturated heterocycles. The third-order valence-corrected chi connectivity index (χ3v) is 3.15. The molecule has 0 atom stereocenters. The lowest BCUT2D eigenvalue weighted by molar-refractivity contribution is 0.380. The Morgan fingerprint density at radius 1 is 1.11 bits per heavy atom. The minimum absolute atomic E-state index is 0.875. The first-order chi connectivity index (χ1) is 8.78. The highest BCUT2D eigenvalue weighted by Crippen LogP contribution is 2.21. The van der Waals surface area contributed by atoms with Crippen LogP contribution in [0.25, 0.3) is 0 Å². The molecule has 0 saturated carbocycles. The quantitative estimate of drug-likeness (QED) is 0.809. The van der Waals surface area contributed by atoms with Crippen LogP contribution in [0.1, 0.15) is 36.4 Å². The zero-order valence-corrected chi connectivity index (χ0v) is 11.2. The molecule has 1 aromatic heterocycles. The van der Waals surface area contributed by atoms with E-state index in [0.717, 1.165) is 36.5 Å². The van der Waals surface area contributed by atoms with Gasteiger partial charge in [-0.05, 0) is 24.1 Å². The molecule has 1 aromatic carbocycles. The largest absolute Gasteiger partial charge is 0.497 e. The van der Waals surface area contributed by atoms with E-state index in [1.807, 2.05) is 12.1 Å². The van der Waals surface area contributed by atoms with Gasteiger partial charge in [0.2, 0.25) is 0 Å². The van der Waals surface area contributed by atoms with Crippen molar-refractivity contribution in [3.63, 3.8) is 0 Å². The van der Waals surface area contributed by atoms with E-state index in [1.165, 1.54) is 11.1 Å². The fraction of sp³-hybridized carbons (Fsp3) is 0.400. The summed E-state index contributed by atoms with van der Waals surface area (Å²) in [5, 5.41) is 4.14. The lowest BCUT2D eigenvalue weighted by Crippen LogP contribution is -1.95. The van der Waals surface area contributed by atoms with E-state index in [4.69, 9.17) is 9.26 Å². The maximum atomic E-state index is 5.38. The highest BCUT2D eigenvalue weighted by atomic mass is 16.5. The number of aromatic nitrogens is 1. The molecule has 0 spiro atoms. The number of rotatable bonds is 5. The topological polar surface area (TPSA) is 35.3 Å². The number of hydrogen-bond donors (Lipinski definition) is 0. The van der Waals surface area contributed by atoms with Crippen molar-refractivity contribution < 1.29 is 9.26 Å². The predicted octanol–water partition coefficient (Wildman–Crippen LogP) is 3.40. The normalized spacial score (nSPS) is 10.6. The number of aryl methyl sites for hydroxylation is 2. The van der Waals surface area contributed by atoms with Gasteiger partial charge in [0.25, 0.3) is 0 Å². The van der Waals surface area contributed by atoms with Gasteiger partial charge < -0.3 is 9.26 Å². The van der Waals surface area contributed by atoms with Gasteiger partial charge in [0.1, 0.15) is 11.5 Å². The summed E-state index contributed by atoms with van der Waals surface area (Å²) in [5.74, 6) is 1.89. The van der Waals surface area contributed by atoms with Gasteiger partial charge in [-0.25, -0.2) is 0 Å². The van der Waals surface area contributed by atoms with Gasteiger partial charge in [0, 0.05) is 18.4 Å². The average molecular weight is 245 g/mol. The van der Waals surface area contributed by atoms with Crippen molar-refractivity contribution >= 4 is 0 Å². The van der Waals surface area contributed by atoms with E-state index >= 15 is 0 Å². The summed E-state index contributed by atoms with van der Waals surface area (Å²) in [6.07, 6.45) is 2.67. The van der Waals surface area contributed by atoms with Crippen LogP contribution in [-0.2, 0) is 19.3 Å². The van der Waals surface area contributed by atoms with E-state index in [0.29, 0.717) is 0 Å². The Bertz CT molecular complexity index is 478. The molecule has 2 rings (SSSR count). The summed E-state index contributed by atoms with van der Waals surface area (Å²) < 4.78 is 10.5. The average Bonchev–Trinajstić information content (AvgIpc) is 2.81. The van der Waals surface area contributed by atoms with Gasteiger partial charge in [0.15, 0.2) is 0 Å². The first-order valence-corrected chi connectivity index (χ1v) is 6.37. The van der Waals surface area contributed by atoms with Crippen LogP contribution < -0.4 is 4.74 Å². The van der Waals surface area contributed by atoms with Gasteiger partial charge in [0.05, 0.1) is 12.8 Å². The second-order valence-corrected chi connectivity index (χ2v) is 4.26. The van der Waals surface area contributed by atoms with Crippen LogP contribution >= 0.6 is 0 Å². The van der Waals surface area contributed by atoms with Crippen LogP contribution in [0, 0.1) is 0 Å². The maximum absolute atomic E-state index is 5.38. The molecular formula is C15H19NO2. The van der Waals surface area contributed by atoms with Gasteiger partial charge in [-0.1, -0.05) is 31.1 Å². The molecule has 3 heteroatoms. The molecule has 0 aliphatic heterocycles. The van der Waals surface area contributed by atoms with E-state index in [9.17, 15) is 0 Å². The summed E-state index contributed by atoms with van der Waals surface area (Å²) >= 11 is 0. The number of methoxy groups -OCH3 is 1. The van der Waals surface area contributed by atoms with Crippen LogP contribution in [-0.4, -0.2) is 12.3 Å². The third-order valence-electron chi connectivity index (χ3n) is 3.15. The fourth-order valence-electron chi connectivity index (χ4n) is 2.09. The molecule has 0 fully saturated rings. The summed E-state index contributed by atoms with van der Waals surface area (Å²) in [6, 6.07) is 8.15. The summed E-state index contributed by atoms with van der Waals surface area (Å²) in [5.41, 5.74) is 3.57. The molecule has 0 N–H and O–H groups in total. The van der Waals surface area contributed by atoms with Crippen LogP contribution in [0.15, 0.2) is 28.8 Å². The molecule has 0 unspecified atom stereocenters. The maximum Gasteiger partial charge on any atom is 0.140 e. The van der Waals surface area contributed by atoms with Gasteiger partial charge in [-0.2, -0.15) is 0 Å². The zero-order chi connectivity index (χ0) is 13.0. The first-order valence-electron chi connectivity index (χ1n) is 6.37. The van der Waals surface area contributed by atoms with Crippen molar-refractivity contribution in [3.05, 3.63) is 46.8 Å². The van der Waals surface area contributed by atoms with Crippen LogP contribution in [0.2, 0.25) is 0 Å². The van der Waals surface area contributed by atoms with Crippen molar-refractivity contribution in [2.75, 3.05) is 7.11 Å². The molecule has 0 bridgehead atoms. The van der Waals surface area contributed by atoms with Gasteiger partial charge in [-0.3, -0.25) is 0 Å². The molecule has 0 aliphatic rings. The Balaban J connectivity index is 2.24. The second-order valence-electron chi connectivity index (χ2n) is 4.26. The van der Waals surface area contributed by atoms with Crippen LogP contribution in [0.3, 0.4) is 0 Å². The minimum atomic E-state index is 0.875. The molecule has 0 amide bonds. The lowest BCUT2D eigenvalue weighted by atomic mass is 10.0. The standard InChI is InChI=1S/C15H19NO2/c1-4-14-13(15(5-2)18-16-14)10-11-6-8-12(17-3)9-7-11/h6-9H,4-5,10H2,1-3H3. The number of nitrogens with zero attached hydrogens (tertiary/aromatic N) is 1. The van der Waals surface area contributed by atoms with E-state index in [2.05, 4.69) is 31.1 Å². The molecule has 0 radical (unpaired) electrons. The van der Waals surface area contributed by atoms with Crippen LogP contribution in [0.4, 0.5) is 0 Å². The molecule has 18 heavy (non-hydrogen) atoms. The van der Waals surface area contributed by atoms with E-state index < -0.39 is 0 Å². The fourth-order valence-corrected chi connectivity index (χ4v) is 2.09. The van der Waals surface area contributed by atoms with Crippen LogP contribution in [0.5, 0.6) is 5.75 Å². The SMILES string of the molecule is CCc1noc(CC)c1Cc1ccc(OC)cc1. The number of ether oxygens (including phenoxy) is 1. The molecule has 3 nitrogen and oxygen atoms in total.